The van der Waals surface area contributed by atoms with Gasteiger partial charge in [-0.1, -0.05) is 48.2 Å². The summed E-state index contributed by atoms with van der Waals surface area (Å²) in [6.07, 6.45) is 0. The van der Waals surface area contributed by atoms with Crippen LogP contribution < -0.4 is 19.5 Å². The first-order valence-electron chi connectivity index (χ1n) is 12.5. The van der Waals surface area contributed by atoms with Gasteiger partial charge in [0.05, 0.1) is 33.2 Å². The van der Waals surface area contributed by atoms with E-state index in [0.717, 1.165) is 28.3 Å². The van der Waals surface area contributed by atoms with Gasteiger partial charge in [-0.2, -0.15) is 0 Å². The fourth-order valence-corrected chi connectivity index (χ4v) is 4.32. The number of aryl methyl sites for hydroxylation is 1. The fourth-order valence-electron chi connectivity index (χ4n) is 4.32. The number of halogens is 1. The summed E-state index contributed by atoms with van der Waals surface area (Å²) in [5.41, 5.74) is 1.68. The van der Waals surface area contributed by atoms with Crippen molar-refractivity contribution < 1.29 is 33.5 Å². The van der Waals surface area contributed by atoms with Gasteiger partial charge in [0.1, 0.15) is 30.5 Å². The zero-order chi connectivity index (χ0) is 27.2. The smallest absolute Gasteiger partial charge is 0.295 e. The van der Waals surface area contributed by atoms with Crippen LogP contribution in [0.1, 0.15) is 22.7 Å². The Balaban J connectivity index is 1.55. The van der Waals surface area contributed by atoms with Crippen LogP contribution in [0.4, 0.5) is 4.39 Å². The number of nitrogens with zero attached hydrogens (tertiary/aromatic N) is 1. The SMILES string of the molecule is Cc1ccccc1OCCOc1ccc(C2C(=C([O-])c3ccc(F)cc3)C(=O)C(=O)N2CC[NH+](C)C)cc1. The summed E-state index contributed by atoms with van der Waals surface area (Å²) in [6, 6.07) is 18.8. The Labute approximate surface area is 221 Å². The summed E-state index contributed by atoms with van der Waals surface area (Å²) in [6.45, 7) is 3.56. The number of hydrogen-bond acceptors (Lipinski definition) is 5. The molecule has 0 radical (unpaired) electrons. The van der Waals surface area contributed by atoms with Crippen LogP contribution in [0.2, 0.25) is 0 Å². The molecule has 1 aliphatic heterocycles. The van der Waals surface area contributed by atoms with Gasteiger partial charge in [0.25, 0.3) is 5.91 Å². The van der Waals surface area contributed by atoms with E-state index >= 15 is 0 Å². The van der Waals surface area contributed by atoms with E-state index in [9.17, 15) is 19.1 Å². The lowest BCUT2D eigenvalue weighted by Gasteiger charge is -2.28. The molecule has 4 rings (SSSR count). The molecule has 1 aliphatic rings. The molecular weight excluding hydrogens is 487 g/mol. The molecule has 0 saturated carbocycles. The van der Waals surface area contributed by atoms with Crippen molar-refractivity contribution in [1.82, 2.24) is 4.90 Å². The standard InChI is InChI=1S/C30H31FN2O5/c1-20-6-4-5-7-25(20)38-19-18-37-24-14-10-21(11-15-24)27-26(28(34)22-8-12-23(31)13-9-22)29(35)30(36)33(27)17-16-32(2)3/h4-15,27,34H,16-19H2,1-3H3. The molecule has 1 unspecified atom stereocenters. The molecule has 8 heteroatoms. The summed E-state index contributed by atoms with van der Waals surface area (Å²) in [5.74, 6) is -1.22. The predicted octanol–water partition coefficient (Wildman–Crippen LogP) is 1.96. The third kappa shape index (κ3) is 6.03. The first-order valence-corrected chi connectivity index (χ1v) is 12.5. The maximum absolute atomic E-state index is 13.4. The Hall–Kier alpha value is -4.17. The molecule has 1 atom stereocenters. The molecule has 1 heterocycles. The molecule has 0 aliphatic carbocycles. The number of likely N-dealkylation sites (tertiary alicyclic amines) is 1. The Morgan fingerprint density at radius 3 is 2.26 bits per heavy atom. The van der Waals surface area contributed by atoms with Gasteiger partial charge >= 0.3 is 0 Å². The molecule has 1 N–H and O–H groups in total. The first kappa shape index (κ1) is 26.9. The lowest BCUT2D eigenvalue weighted by atomic mass is 9.95. The number of nitrogens with one attached hydrogen (secondary N) is 1. The Bertz CT molecular complexity index is 1320. The van der Waals surface area contributed by atoms with E-state index in [1.165, 1.54) is 17.0 Å². The number of ketones is 1. The largest absolute Gasteiger partial charge is 0.872 e. The van der Waals surface area contributed by atoms with Crippen LogP contribution in [0, 0.1) is 12.7 Å². The second-order valence-electron chi connectivity index (χ2n) is 9.47. The number of amides is 1. The van der Waals surface area contributed by atoms with Gasteiger partial charge in [-0.05, 0) is 53.9 Å². The van der Waals surface area contributed by atoms with Crippen molar-refractivity contribution in [2.24, 2.45) is 0 Å². The highest BCUT2D eigenvalue weighted by molar-refractivity contribution is 6.46. The first-order chi connectivity index (χ1) is 18.3. The van der Waals surface area contributed by atoms with Crippen molar-refractivity contribution in [3.63, 3.8) is 0 Å². The van der Waals surface area contributed by atoms with E-state index in [0.29, 0.717) is 37.6 Å². The fraction of sp³-hybridized carbons (Fsp3) is 0.267. The molecule has 1 amide bonds. The summed E-state index contributed by atoms with van der Waals surface area (Å²) >= 11 is 0. The van der Waals surface area contributed by atoms with Gasteiger partial charge in [0.15, 0.2) is 0 Å². The molecule has 0 aromatic heterocycles. The number of rotatable bonds is 10. The molecule has 1 fully saturated rings. The van der Waals surface area contributed by atoms with Gasteiger partial charge < -0.3 is 24.4 Å². The summed E-state index contributed by atoms with van der Waals surface area (Å²) in [5, 5.41) is 13.4. The van der Waals surface area contributed by atoms with Gasteiger partial charge in [-0.15, -0.1) is 0 Å². The third-order valence-electron chi connectivity index (χ3n) is 6.39. The van der Waals surface area contributed by atoms with E-state index in [2.05, 4.69) is 0 Å². The van der Waals surface area contributed by atoms with Crippen molar-refractivity contribution in [3.05, 3.63) is 101 Å². The van der Waals surface area contributed by atoms with Gasteiger partial charge in [0.2, 0.25) is 5.78 Å². The van der Waals surface area contributed by atoms with Crippen molar-refractivity contribution >= 4 is 17.4 Å². The number of carbonyl (C=O) groups excluding carboxylic acids is 2. The number of Topliss-reactive ketones (excluding diaryl/α,β-unsaturated/α-hetero) is 1. The van der Waals surface area contributed by atoms with E-state index in [1.807, 2.05) is 45.3 Å². The molecule has 3 aromatic rings. The number of hydrogen-bond donors (Lipinski definition) is 1. The number of ether oxygens (including phenoxy) is 2. The van der Waals surface area contributed by atoms with Crippen LogP contribution >= 0.6 is 0 Å². The minimum absolute atomic E-state index is 0.129. The molecule has 0 spiro atoms. The maximum atomic E-state index is 13.4. The zero-order valence-electron chi connectivity index (χ0n) is 21.7. The average molecular weight is 519 g/mol. The number of benzene rings is 3. The molecular formula is C30H31FN2O5. The minimum Gasteiger partial charge on any atom is -0.872 e. The minimum atomic E-state index is -0.842. The maximum Gasteiger partial charge on any atom is 0.295 e. The lowest BCUT2D eigenvalue weighted by Crippen LogP contribution is -3.06. The van der Waals surface area contributed by atoms with Gasteiger partial charge in [-0.3, -0.25) is 9.59 Å². The highest BCUT2D eigenvalue weighted by Gasteiger charge is 2.44. The number of carbonyl (C=O) groups is 2. The van der Waals surface area contributed by atoms with Crippen LogP contribution in [-0.4, -0.2) is 57.0 Å². The number of quaternary nitrogens is 1. The summed E-state index contributed by atoms with van der Waals surface area (Å²) < 4.78 is 25.0. The lowest BCUT2D eigenvalue weighted by molar-refractivity contribution is -0.857. The van der Waals surface area contributed by atoms with Gasteiger partial charge in [-0.25, -0.2) is 4.39 Å². The number of para-hydroxylation sites is 1. The van der Waals surface area contributed by atoms with E-state index in [4.69, 9.17) is 9.47 Å². The third-order valence-corrected chi connectivity index (χ3v) is 6.39. The molecule has 198 valence electrons. The topological polar surface area (TPSA) is 83.3 Å². The second-order valence-corrected chi connectivity index (χ2v) is 9.47. The van der Waals surface area contributed by atoms with E-state index in [1.54, 1.807) is 24.3 Å². The Morgan fingerprint density at radius 1 is 0.947 bits per heavy atom. The highest BCUT2D eigenvalue weighted by atomic mass is 19.1. The van der Waals surface area contributed by atoms with Crippen LogP contribution in [0.15, 0.2) is 78.4 Å². The van der Waals surface area contributed by atoms with Crippen LogP contribution in [0.3, 0.4) is 0 Å². The Morgan fingerprint density at radius 2 is 1.61 bits per heavy atom. The van der Waals surface area contributed by atoms with Crippen molar-refractivity contribution in [2.45, 2.75) is 13.0 Å². The molecule has 1 saturated heterocycles. The van der Waals surface area contributed by atoms with E-state index in [-0.39, 0.29) is 11.1 Å². The van der Waals surface area contributed by atoms with Crippen molar-refractivity contribution in [2.75, 3.05) is 40.4 Å². The van der Waals surface area contributed by atoms with Gasteiger partial charge in [0, 0.05) is 5.57 Å². The van der Waals surface area contributed by atoms with E-state index < -0.39 is 29.3 Å². The van der Waals surface area contributed by atoms with Crippen LogP contribution in [0.25, 0.3) is 5.76 Å². The molecule has 0 bridgehead atoms. The van der Waals surface area contributed by atoms with Crippen LogP contribution in [-0.2, 0) is 9.59 Å². The van der Waals surface area contributed by atoms with Crippen molar-refractivity contribution in [1.29, 1.82) is 0 Å². The summed E-state index contributed by atoms with van der Waals surface area (Å²) in [4.78, 5) is 28.6. The summed E-state index contributed by atoms with van der Waals surface area (Å²) in [7, 11) is 3.89. The molecule has 38 heavy (non-hydrogen) atoms. The molecule has 3 aromatic carbocycles. The second kappa shape index (κ2) is 11.9. The normalized spacial score (nSPS) is 16.8. The Kier molecular flexibility index (Phi) is 8.43. The predicted molar refractivity (Wildman–Crippen MR) is 139 cm³/mol. The molecule has 7 nitrogen and oxygen atoms in total. The van der Waals surface area contributed by atoms with Crippen molar-refractivity contribution in [3.8, 4) is 11.5 Å². The van der Waals surface area contributed by atoms with Crippen LogP contribution in [0.5, 0.6) is 11.5 Å². The highest BCUT2D eigenvalue weighted by Crippen LogP contribution is 2.38. The zero-order valence-corrected chi connectivity index (χ0v) is 21.7. The monoisotopic (exact) mass is 518 g/mol. The number of likely N-dealkylation sites (N-methyl/N-ethyl adjacent to an activating group) is 1. The average Bonchev–Trinajstić information content (AvgIpc) is 3.16. The quantitative estimate of drug-likeness (QED) is 0.192.